The third-order valence-corrected chi connectivity index (χ3v) is 6.22. The van der Waals surface area contributed by atoms with Gasteiger partial charge in [0.05, 0.1) is 26.4 Å². The Morgan fingerprint density at radius 3 is 1.92 bits per heavy atom. The van der Waals surface area contributed by atoms with Gasteiger partial charge >= 0.3 is 0 Å². The number of rotatable bonds is 23. The van der Waals surface area contributed by atoms with E-state index in [9.17, 15) is 24.0 Å². The molecule has 0 spiro atoms. The summed E-state index contributed by atoms with van der Waals surface area (Å²) < 4.78 is 10.8. The van der Waals surface area contributed by atoms with Gasteiger partial charge < -0.3 is 25.4 Å². The molecule has 1 unspecified atom stereocenters. The van der Waals surface area contributed by atoms with Gasteiger partial charge in [0.15, 0.2) is 0 Å². The first kappa shape index (κ1) is 33.5. The summed E-state index contributed by atoms with van der Waals surface area (Å²) in [7, 11) is 0. The van der Waals surface area contributed by atoms with Gasteiger partial charge in [-0.15, -0.1) is 0 Å². The van der Waals surface area contributed by atoms with Crippen LogP contribution in [0, 0.1) is 5.92 Å². The van der Waals surface area contributed by atoms with Crippen molar-refractivity contribution in [2.75, 3.05) is 52.6 Å². The molecule has 0 bridgehead atoms. The van der Waals surface area contributed by atoms with Crippen molar-refractivity contribution in [3.05, 3.63) is 0 Å². The molecule has 11 nitrogen and oxygen atoms in total. The largest absolute Gasteiger partial charge is 0.379 e. The Morgan fingerprint density at radius 2 is 1.29 bits per heavy atom. The molecule has 11 heteroatoms. The Bertz CT molecular complexity index is 732. The predicted octanol–water partition coefficient (Wildman–Crippen LogP) is 1.68. The monoisotopic (exact) mass is 540 g/mol. The van der Waals surface area contributed by atoms with E-state index in [0.717, 1.165) is 17.7 Å². The summed E-state index contributed by atoms with van der Waals surface area (Å²) in [6.45, 7) is 6.36. The molecule has 0 saturated carbocycles. The molecular formula is C27H48N4O7. The van der Waals surface area contributed by atoms with E-state index in [2.05, 4.69) is 22.9 Å². The third kappa shape index (κ3) is 16.3. The van der Waals surface area contributed by atoms with Gasteiger partial charge in [-0.25, -0.2) is 0 Å². The summed E-state index contributed by atoms with van der Waals surface area (Å²) >= 11 is 0. The Labute approximate surface area is 227 Å². The Balaban J connectivity index is 1.85. The highest BCUT2D eigenvalue weighted by atomic mass is 16.5. The number of amides is 5. The van der Waals surface area contributed by atoms with Gasteiger partial charge in [0.1, 0.15) is 0 Å². The molecule has 0 aromatic rings. The first-order valence-corrected chi connectivity index (χ1v) is 14.1. The molecule has 0 radical (unpaired) electrons. The normalized spacial score (nSPS) is 15.1. The number of hydrogen-bond acceptors (Lipinski definition) is 7. The second-order valence-electron chi connectivity index (χ2n) is 9.63. The van der Waals surface area contributed by atoms with Crippen LogP contribution < -0.4 is 16.0 Å². The number of ether oxygens (including phenoxy) is 2. The van der Waals surface area contributed by atoms with E-state index in [1.54, 1.807) is 6.92 Å². The fourth-order valence-corrected chi connectivity index (χ4v) is 3.96. The van der Waals surface area contributed by atoms with Gasteiger partial charge in [-0.05, 0) is 6.42 Å². The second kappa shape index (κ2) is 21.4. The molecule has 218 valence electrons. The van der Waals surface area contributed by atoms with E-state index in [1.165, 1.54) is 32.1 Å². The molecule has 1 aliphatic heterocycles. The number of likely N-dealkylation sites (tertiary alicyclic amines) is 1. The Kier molecular flexibility index (Phi) is 18.9. The number of imide groups is 1. The van der Waals surface area contributed by atoms with Crippen molar-refractivity contribution < 1.29 is 33.4 Å². The van der Waals surface area contributed by atoms with Crippen molar-refractivity contribution in [2.45, 2.75) is 84.5 Å². The highest BCUT2D eigenvalue weighted by Gasteiger charge is 2.35. The summed E-state index contributed by atoms with van der Waals surface area (Å²) in [5, 5.41) is 8.26. The molecular weight excluding hydrogens is 492 g/mol. The van der Waals surface area contributed by atoms with E-state index in [4.69, 9.17) is 9.47 Å². The molecule has 1 saturated heterocycles. The summed E-state index contributed by atoms with van der Waals surface area (Å²) in [5.41, 5.74) is 0. The topological polar surface area (TPSA) is 143 Å². The van der Waals surface area contributed by atoms with Crippen molar-refractivity contribution in [1.82, 2.24) is 20.9 Å². The Hall–Kier alpha value is -2.53. The minimum absolute atomic E-state index is 0.0282. The molecule has 3 N–H and O–H groups in total. The lowest BCUT2D eigenvalue weighted by molar-refractivity contribution is -0.139. The quantitative estimate of drug-likeness (QED) is 0.132. The minimum atomic E-state index is -0.306. The second-order valence-corrected chi connectivity index (χ2v) is 9.63. The molecule has 1 aliphatic rings. The van der Waals surface area contributed by atoms with Gasteiger partial charge in [-0.2, -0.15) is 0 Å². The lowest BCUT2D eigenvalue weighted by Gasteiger charge is -2.14. The summed E-state index contributed by atoms with van der Waals surface area (Å²) in [6, 6.07) is 0. The number of nitrogens with zero attached hydrogens (tertiary/aromatic N) is 1. The van der Waals surface area contributed by atoms with Crippen LogP contribution in [-0.2, 0) is 33.4 Å². The molecule has 5 amide bonds. The van der Waals surface area contributed by atoms with Crippen molar-refractivity contribution in [3.63, 3.8) is 0 Å². The van der Waals surface area contributed by atoms with Crippen LogP contribution in [0.3, 0.4) is 0 Å². The van der Waals surface area contributed by atoms with Crippen LogP contribution in [0.2, 0.25) is 0 Å². The highest BCUT2D eigenvalue weighted by molar-refractivity contribution is 6.03. The van der Waals surface area contributed by atoms with Crippen molar-refractivity contribution in [2.24, 2.45) is 5.92 Å². The van der Waals surface area contributed by atoms with Crippen molar-refractivity contribution in [1.29, 1.82) is 0 Å². The smallest absolute Gasteiger partial charge is 0.232 e. The molecule has 0 aromatic carbocycles. The van der Waals surface area contributed by atoms with Crippen LogP contribution in [-0.4, -0.2) is 87.0 Å². The van der Waals surface area contributed by atoms with Crippen LogP contribution in [0.15, 0.2) is 0 Å². The lowest BCUT2D eigenvalue weighted by Crippen LogP contribution is -2.35. The molecule has 1 rings (SSSR count). The van der Waals surface area contributed by atoms with E-state index >= 15 is 0 Å². The third-order valence-electron chi connectivity index (χ3n) is 6.22. The minimum Gasteiger partial charge on any atom is -0.379 e. The maximum Gasteiger partial charge on any atom is 0.232 e. The standard InChI is InChI=1S/C27H48N4O7/c1-3-4-5-6-7-8-9-10-23(32)28-13-14-29-25(34)12-17-37-19-20-38-18-15-30-24(33)11-16-31-26(35)21-22(2)27(31)36/h22H,3-21H2,1-2H3,(H,28,32)(H,29,34)(H,30,33). The number of hydrogen-bond donors (Lipinski definition) is 3. The average molecular weight is 541 g/mol. The van der Waals surface area contributed by atoms with E-state index in [0.29, 0.717) is 45.9 Å². The van der Waals surface area contributed by atoms with Crippen LogP contribution in [0.4, 0.5) is 0 Å². The van der Waals surface area contributed by atoms with Crippen molar-refractivity contribution in [3.8, 4) is 0 Å². The first-order chi connectivity index (χ1) is 18.3. The number of carbonyl (C=O) groups excluding carboxylic acids is 5. The molecule has 1 heterocycles. The van der Waals surface area contributed by atoms with Gasteiger partial charge in [0.25, 0.3) is 0 Å². The van der Waals surface area contributed by atoms with E-state index in [-0.39, 0.29) is 67.9 Å². The van der Waals surface area contributed by atoms with Gasteiger partial charge in [-0.1, -0.05) is 52.4 Å². The van der Waals surface area contributed by atoms with E-state index < -0.39 is 0 Å². The maximum atomic E-state index is 11.9. The summed E-state index contributed by atoms with van der Waals surface area (Å²) in [5.74, 6) is -1.11. The zero-order valence-electron chi connectivity index (χ0n) is 23.3. The van der Waals surface area contributed by atoms with E-state index in [1.807, 2.05) is 0 Å². The van der Waals surface area contributed by atoms with Gasteiger partial charge in [-0.3, -0.25) is 28.9 Å². The summed E-state index contributed by atoms with van der Waals surface area (Å²) in [6.07, 6.45) is 9.26. The molecule has 0 aliphatic carbocycles. The number of carbonyl (C=O) groups is 5. The molecule has 0 aromatic heterocycles. The number of nitrogens with one attached hydrogen (secondary N) is 3. The van der Waals surface area contributed by atoms with Gasteiger partial charge in [0.2, 0.25) is 29.5 Å². The van der Waals surface area contributed by atoms with Crippen LogP contribution >= 0.6 is 0 Å². The van der Waals surface area contributed by atoms with Crippen molar-refractivity contribution >= 4 is 29.5 Å². The summed E-state index contributed by atoms with van der Waals surface area (Å²) in [4.78, 5) is 60.1. The van der Waals surface area contributed by atoms with Crippen LogP contribution in [0.25, 0.3) is 0 Å². The zero-order chi connectivity index (χ0) is 28.0. The van der Waals surface area contributed by atoms with Crippen LogP contribution in [0.1, 0.15) is 84.5 Å². The lowest BCUT2D eigenvalue weighted by atomic mass is 10.1. The molecule has 38 heavy (non-hydrogen) atoms. The fourth-order valence-electron chi connectivity index (χ4n) is 3.96. The van der Waals surface area contributed by atoms with Gasteiger partial charge in [0, 0.05) is 57.8 Å². The SMILES string of the molecule is CCCCCCCCCC(=O)NCCNC(=O)CCOCCOCCNC(=O)CCN1C(=O)CC(C)C1=O. The Morgan fingerprint density at radius 1 is 0.737 bits per heavy atom. The zero-order valence-corrected chi connectivity index (χ0v) is 23.3. The fraction of sp³-hybridized carbons (Fsp3) is 0.815. The molecule has 1 atom stereocenters. The molecule has 1 fully saturated rings. The van der Waals surface area contributed by atoms with Crippen LogP contribution in [0.5, 0.6) is 0 Å². The average Bonchev–Trinajstić information content (AvgIpc) is 3.13. The maximum absolute atomic E-state index is 11.9. The highest BCUT2D eigenvalue weighted by Crippen LogP contribution is 2.18. The number of unbranched alkanes of at least 4 members (excludes halogenated alkanes) is 6. The predicted molar refractivity (Wildman–Crippen MR) is 143 cm³/mol. The first-order valence-electron chi connectivity index (χ1n) is 14.1.